The Morgan fingerprint density at radius 3 is 2.23 bits per heavy atom. The van der Waals surface area contributed by atoms with Crippen LogP contribution in [0.1, 0.15) is 37.7 Å². The van der Waals surface area contributed by atoms with E-state index in [1.54, 1.807) is 30.9 Å². The van der Waals surface area contributed by atoms with E-state index in [1.165, 1.54) is 19.2 Å². The highest BCUT2D eigenvalue weighted by atomic mass is 19.4. The number of hydrogen-bond donors (Lipinski definition) is 1. The average Bonchev–Trinajstić information content (AvgIpc) is 3.02. The molecule has 2 aromatic rings. The number of methoxy groups -OCH3 is 1. The summed E-state index contributed by atoms with van der Waals surface area (Å²) < 4.78 is 45.4. The Bertz CT molecular complexity index is 946. The lowest BCUT2D eigenvalue weighted by Gasteiger charge is -2.34. The zero-order chi connectivity index (χ0) is 22.8. The molecule has 7 nitrogen and oxygen atoms in total. The highest BCUT2D eigenvalue weighted by molar-refractivity contribution is 6.00. The molecule has 0 unspecified atom stereocenters. The number of rotatable bonds is 5. The molecule has 0 saturated carbocycles. The second-order valence-electron chi connectivity index (χ2n) is 7.38. The Balaban J connectivity index is 1.57. The number of amides is 1. The van der Waals surface area contributed by atoms with Crippen LogP contribution < -0.4 is 4.74 Å². The predicted octanol–water partition coefficient (Wildman–Crippen LogP) is 3.27. The lowest BCUT2D eigenvalue weighted by Crippen LogP contribution is -2.48. The molecule has 1 aliphatic heterocycles. The molecule has 1 amide bonds. The van der Waals surface area contributed by atoms with Crippen molar-refractivity contribution in [1.29, 1.82) is 0 Å². The number of alkyl halides is 3. The molecule has 1 N–H and O–H groups in total. The third-order valence-electron chi connectivity index (χ3n) is 5.26. The maximum atomic E-state index is 12.9. The van der Waals surface area contributed by atoms with Crippen LogP contribution in [0.3, 0.4) is 0 Å². The third-order valence-corrected chi connectivity index (χ3v) is 5.26. The molecule has 1 aromatic carbocycles. The van der Waals surface area contributed by atoms with E-state index in [-0.39, 0.29) is 11.7 Å². The number of piperazine rings is 1. The van der Waals surface area contributed by atoms with Crippen molar-refractivity contribution in [3.8, 4) is 5.75 Å². The van der Waals surface area contributed by atoms with Gasteiger partial charge in [-0.05, 0) is 37.1 Å². The van der Waals surface area contributed by atoms with Gasteiger partial charge < -0.3 is 19.4 Å². The number of ether oxygens (including phenoxy) is 2. The topological polar surface area (TPSA) is 74.9 Å². The lowest BCUT2D eigenvalue weighted by molar-refractivity contribution is -0.274. The van der Waals surface area contributed by atoms with Gasteiger partial charge in [-0.3, -0.25) is 9.69 Å². The zero-order valence-corrected chi connectivity index (χ0v) is 17.5. The van der Waals surface area contributed by atoms with Crippen molar-refractivity contribution >= 4 is 11.9 Å². The molecule has 2 heterocycles. The van der Waals surface area contributed by atoms with E-state index in [1.807, 2.05) is 0 Å². The number of aromatic amines is 1. The highest BCUT2D eigenvalue weighted by Crippen LogP contribution is 2.24. The van der Waals surface area contributed by atoms with Crippen LogP contribution in [0.2, 0.25) is 0 Å². The first kappa shape index (κ1) is 22.7. The van der Waals surface area contributed by atoms with E-state index in [2.05, 4.69) is 14.6 Å². The minimum Gasteiger partial charge on any atom is -0.465 e. The molecule has 3 rings (SSSR count). The fourth-order valence-corrected chi connectivity index (χ4v) is 3.69. The van der Waals surface area contributed by atoms with Gasteiger partial charge in [0.1, 0.15) is 11.4 Å². The molecule has 168 valence electrons. The first-order valence-corrected chi connectivity index (χ1v) is 9.73. The molecule has 10 heteroatoms. The van der Waals surface area contributed by atoms with Crippen molar-refractivity contribution in [2.75, 3.05) is 33.3 Å². The summed E-state index contributed by atoms with van der Waals surface area (Å²) in [6.45, 7) is 6.23. The van der Waals surface area contributed by atoms with Crippen LogP contribution in [-0.4, -0.2) is 66.3 Å². The molecule has 0 bridgehead atoms. The van der Waals surface area contributed by atoms with Crippen LogP contribution in [0.4, 0.5) is 13.2 Å². The minimum absolute atomic E-state index is 0.177. The third kappa shape index (κ3) is 5.38. The molecule has 0 radical (unpaired) electrons. The molecule has 1 aromatic heterocycles. The van der Waals surface area contributed by atoms with Crippen LogP contribution >= 0.6 is 0 Å². The molecular weight excluding hydrogens is 415 g/mol. The summed E-state index contributed by atoms with van der Waals surface area (Å²) in [6, 6.07) is 5.77. The molecule has 31 heavy (non-hydrogen) atoms. The van der Waals surface area contributed by atoms with Crippen molar-refractivity contribution in [2.24, 2.45) is 0 Å². The SMILES string of the molecule is COC(=O)c1c(C)[nH]c(C(=O)N2CCN(Cc3ccc(OC(F)(F)F)cc3)CC2)c1C. The number of benzene rings is 1. The fraction of sp³-hybridized carbons (Fsp3) is 0.429. The van der Waals surface area contributed by atoms with Crippen molar-refractivity contribution in [1.82, 2.24) is 14.8 Å². The van der Waals surface area contributed by atoms with Crippen molar-refractivity contribution in [2.45, 2.75) is 26.8 Å². The number of aromatic nitrogens is 1. The summed E-state index contributed by atoms with van der Waals surface area (Å²) in [5.74, 6) is -0.916. The van der Waals surface area contributed by atoms with Gasteiger partial charge in [0.2, 0.25) is 0 Å². The Labute approximate surface area is 177 Å². The summed E-state index contributed by atoms with van der Waals surface area (Å²) in [5.41, 5.74) is 2.77. The molecule has 1 aliphatic rings. The smallest absolute Gasteiger partial charge is 0.465 e. The summed E-state index contributed by atoms with van der Waals surface area (Å²) in [4.78, 5) is 31.7. The van der Waals surface area contributed by atoms with E-state index < -0.39 is 12.3 Å². The number of carbonyl (C=O) groups excluding carboxylic acids is 2. The second-order valence-corrected chi connectivity index (χ2v) is 7.38. The Hall–Kier alpha value is -3.01. The number of halogens is 3. The Morgan fingerprint density at radius 2 is 1.68 bits per heavy atom. The summed E-state index contributed by atoms with van der Waals surface area (Å²) in [6.07, 6.45) is -4.71. The maximum absolute atomic E-state index is 12.9. The lowest BCUT2D eigenvalue weighted by atomic mass is 10.1. The predicted molar refractivity (Wildman–Crippen MR) is 106 cm³/mol. The van der Waals surface area contributed by atoms with Gasteiger partial charge in [0.25, 0.3) is 5.91 Å². The number of hydrogen-bond acceptors (Lipinski definition) is 5. The largest absolute Gasteiger partial charge is 0.573 e. The molecule has 0 aliphatic carbocycles. The molecule has 0 spiro atoms. The summed E-state index contributed by atoms with van der Waals surface area (Å²) >= 11 is 0. The van der Waals surface area contributed by atoms with E-state index >= 15 is 0 Å². The van der Waals surface area contributed by atoms with Gasteiger partial charge in [-0.25, -0.2) is 4.79 Å². The first-order chi connectivity index (χ1) is 14.6. The Kier molecular flexibility index (Phi) is 6.59. The van der Waals surface area contributed by atoms with Crippen molar-refractivity contribution in [3.05, 3.63) is 52.3 Å². The van der Waals surface area contributed by atoms with Gasteiger partial charge in [0, 0.05) is 38.4 Å². The molecular formula is C21H24F3N3O4. The molecule has 0 atom stereocenters. The highest BCUT2D eigenvalue weighted by Gasteiger charge is 2.31. The number of aryl methyl sites for hydroxylation is 1. The Morgan fingerprint density at radius 1 is 1.06 bits per heavy atom. The van der Waals surface area contributed by atoms with Gasteiger partial charge in [0.05, 0.1) is 12.7 Å². The monoisotopic (exact) mass is 439 g/mol. The number of nitrogens with one attached hydrogen (secondary N) is 1. The number of nitrogens with zero attached hydrogens (tertiary/aromatic N) is 2. The van der Waals surface area contributed by atoms with E-state index in [4.69, 9.17) is 4.74 Å². The quantitative estimate of drug-likeness (QED) is 0.724. The second kappa shape index (κ2) is 9.01. The van der Waals surface area contributed by atoms with Crippen molar-refractivity contribution in [3.63, 3.8) is 0 Å². The zero-order valence-electron chi connectivity index (χ0n) is 17.5. The number of H-pyrrole nitrogens is 1. The standard InChI is InChI=1S/C21H24F3N3O4/c1-13-17(20(29)30-3)14(2)25-18(13)19(28)27-10-8-26(9-11-27)12-15-4-6-16(7-5-15)31-21(22,23)24/h4-7,25H,8-12H2,1-3H3. The van der Waals surface area contributed by atoms with Gasteiger partial charge in [-0.15, -0.1) is 13.2 Å². The average molecular weight is 439 g/mol. The van der Waals surface area contributed by atoms with E-state index in [0.717, 1.165) is 5.56 Å². The van der Waals surface area contributed by atoms with Gasteiger partial charge in [-0.1, -0.05) is 12.1 Å². The first-order valence-electron chi connectivity index (χ1n) is 9.73. The minimum atomic E-state index is -4.71. The number of esters is 1. The van der Waals surface area contributed by atoms with Gasteiger partial charge in [-0.2, -0.15) is 0 Å². The normalized spacial score (nSPS) is 15.1. The van der Waals surface area contributed by atoms with Gasteiger partial charge in [0.15, 0.2) is 0 Å². The van der Waals surface area contributed by atoms with Crippen LogP contribution in [0.25, 0.3) is 0 Å². The summed E-state index contributed by atoms with van der Waals surface area (Å²) in [7, 11) is 1.30. The fourth-order valence-electron chi connectivity index (χ4n) is 3.69. The van der Waals surface area contributed by atoms with E-state index in [9.17, 15) is 22.8 Å². The van der Waals surface area contributed by atoms with Gasteiger partial charge >= 0.3 is 12.3 Å². The van der Waals surface area contributed by atoms with Crippen LogP contribution in [0, 0.1) is 13.8 Å². The number of carbonyl (C=O) groups is 2. The van der Waals surface area contributed by atoms with E-state index in [0.29, 0.717) is 55.2 Å². The van der Waals surface area contributed by atoms with Crippen LogP contribution in [0.5, 0.6) is 5.75 Å². The maximum Gasteiger partial charge on any atom is 0.573 e. The van der Waals surface area contributed by atoms with Crippen molar-refractivity contribution < 1.29 is 32.2 Å². The summed E-state index contributed by atoms with van der Waals surface area (Å²) in [5, 5.41) is 0. The molecule has 1 saturated heterocycles. The van der Waals surface area contributed by atoms with Crippen LogP contribution in [0.15, 0.2) is 24.3 Å². The van der Waals surface area contributed by atoms with Crippen LogP contribution in [-0.2, 0) is 11.3 Å². The molecule has 1 fully saturated rings.